The number of nitrogens with one attached hydrogen (secondary N) is 1. The molecule has 2 aromatic heterocycles. The van der Waals surface area contributed by atoms with Crippen LogP contribution in [0, 0.1) is 11.3 Å². The Hall–Kier alpha value is -3.91. The summed E-state index contributed by atoms with van der Waals surface area (Å²) < 4.78 is 1.75. The van der Waals surface area contributed by atoms with Crippen LogP contribution in [0.1, 0.15) is 38.5 Å². The van der Waals surface area contributed by atoms with E-state index in [1.165, 1.54) is 4.88 Å². The predicted octanol–water partition coefficient (Wildman–Crippen LogP) is 3.68. The van der Waals surface area contributed by atoms with E-state index in [9.17, 15) is 4.79 Å². The molecule has 2 aromatic carbocycles. The lowest BCUT2D eigenvalue weighted by molar-refractivity contribution is 0.102. The van der Waals surface area contributed by atoms with Gasteiger partial charge in [0.1, 0.15) is 5.69 Å². The maximum atomic E-state index is 13.1. The van der Waals surface area contributed by atoms with E-state index in [0.29, 0.717) is 28.8 Å². The normalized spacial score (nSPS) is 17.9. The summed E-state index contributed by atoms with van der Waals surface area (Å²) in [5.41, 5.74) is 4.91. The molecule has 0 spiro atoms. The number of hydrogen-bond donors (Lipinski definition) is 1. The van der Waals surface area contributed by atoms with Crippen molar-refractivity contribution in [2.75, 3.05) is 38.5 Å². The van der Waals surface area contributed by atoms with Crippen molar-refractivity contribution >= 4 is 22.4 Å². The molecule has 1 atom stereocenters. The number of amides is 1. The number of aromatic nitrogens is 4. The number of hydrogen-bond acceptors (Lipinski definition) is 8. The monoisotopic (exact) mass is 538 g/mol. The average molecular weight is 539 g/mol. The number of nitriles is 1. The summed E-state index contributed by atoms with van der Waals surface area (Å²) in [6, 6.07) is 17.5. The SMILES string of the molecule is CN1CCN(C2CCc3nc(NC(=O)c4cccc(Cn5cc(-c6ccc(C#N)cc6)nn5)c4)sc3C2)CC1. The Morgan fingerprint density at radius 3 is 2.77 bits per heavy atom. The predicted molar refractivity (Wildman–Crippen MR) is 151 cm³/mol. The highest BCUT2D eigenvalue weighted by molar-refractivity contribution is 7.15. The molecule has 1 amide bonds. The molecule has 1 aliphatic carbocycles. The Labute approximate surface area is 231 Å². The number of benzene rings is 2. The Morgan fingerprint density at radius 2 is 1.97 bits per heavy atom. The molecule has 198 valence electrons. The van der Waals surface area contributed by atoms with Crippen molar-refractivity contribution in [2.45, 2.75) is 31.8 Å². The highest BCUT2D eigenvalue weighted by Crippen LogP contribution is 2.32. The Bertz CT molecular complexity index is 1510. The fourth-order valence-corrected chi connectivity index (χ4v) is 6.37. The Morgan fingerprint density at radius 1 is 1.15 bits per heavy atom. The quantitative estimate of drug-likeness (QED) is 0.400. The first-order valence-electron chi connectivity index (χ1n) is 13.3. The lowest BCUT2D eigenvalue weighted by atomic mass is 9.96. The summed E-state index contributed by atoms with van der Waals surface area (Å²) in [6.45, 7) is 4.99. The molecule has 0 bridgehead atoms. The molecule has 6 rings (SSSR count). The van der Waals surface area contributed by atoms with E-state index in [0.717, 1.165) is 68.0 Å². The van der Waals surface area contributed by atoms with Crippen molar-refractivity contribution in [2.24, 2.45) is 0 Å². The largest absolute Gasteiger partial charge is 0.304 e. The van der Waals surface area contributed by atoms with Gasteiger partial charge in [-0.2, -0.15) is 5.26 Å². The van der Waals surface area contributed by atoms with Gasteiger partial charge < -0.3 is 4.90 Å². The van der Waals surface area contributed by atoms with Crippen LogP contribution in [0.15, 0.2) is 54.7 Å². The topological polar surface area (TPSA) is 103 Å². The number of rotatable bonds is 6. The molecule has 4 aromatic rings. The molecular weight excluding hydrogens is 508 g/mol. The molecular formula is C29H30N8OS. The van der Waals surface area contributed by atoms with Crippen LogP contribution in [0.5, 0.6) is 0 Å². The zero-order valence-corrected chi connectivity index (χ0v) is 22.7. The Kier molecular flexibility index (Phi) is 7.20. The van der Waals surface area contributed by atoms with Gasteiger partial charge in [0.05, 0.1) is 30.1 Å². The third-order valence-electron chi connectivity index (χ3n) is 7.57. The number of fused-ring (bicyclic) bond motifs is 1. The van der Waals surface area contributed by atoms with Gasteiger partial charge in [-0.05, 0) is 56.1 Å². The number of aryl methyl sites for hydroxylation is 1. The third kappa shape index (κ3) is 5.76. The summed E-state index contributed by atoms with van der Waals surface area (Å²) in [5.74, 6) is -0.157. The molecule has 3 heterocycles. The van der Waals surface area contributed by atoms with Crippen LogP contribution in [0.3, 0.4) is 0 Å². The van der Waals surface area contributed by atoms with Gasteiger partial charge in [-0.25, -0.2) is 9.67 Å². The van der Waals surface area contributed by atoms with E-state index in [2.05, 4.69) is 38.5 Å². The van der Waals surface area contributed by atoms with Crippen molar-refractivity contribution < 1.29 is 4.79 Å². The van der Waals surface area contributed by atoms with Crippen molar-refractivity contribution in [3.63, 3.8) is 0 Å². The molecule has 1 unspecified atom stereocenters. The van der Waals surface area contributed by atoms with Crippen LogP contribution in [-0.4, -0.2) is 75.0 Å². The van der Waals surface area contributed by atoms with Gasteiger partial charge in [0, 0.05) is 48.2 Å². The molecule has 0 saturated carbocycles. The minimum atomic E-state index is -0.157. The van der Waals surface area contributed by atoms with Crippen LogP contribution in [0.2, 0.25) is 0 Å². The lowest BCUT2D eigenvalue weighted by Gasteiger charge is -2.39. The average Bonchev–Trinajstić information content (AvgIpc) is 3.60. The third-order valence-corrected chi connectivity index (χ3v) is 8.61. The molecule has 10 heteroatoms. The van der Waals surface area contributed by atoms with Crippen LogP contribution in [0.25, 0.3) is 11.3 Å². The number of carbonyl (C=O) groups excluding carboxylic acids is 1. The maximum absolute atomic E-state index is 13.1. The zero-order valence-electron chi connectivity index (χ0n) is 21.9. The number of nitrogens with zero attached hydrogens (tertiary/aromatic N) is 7. The van der Waals surface area contributed by atoms with Gasteiger partial charge >= 0.3 is 0 Å². The summed E-state index contributed by atoms with van der Waals surface area (Å²) in [5, 5.41) is 21.2. The van der Waals surface area contributed by atoms with Crippen LogP contribution in [-0.2, 0) is 19.4 Å². The van der Waals surface area contributed by atoms with E-state index in [-0.39, 0.29) is 5.91 Å². The van der Waals surface area contributed by atoms with Crippen molar-refractivity contribution in [1.82, 2.24) is 29.8 Å². The van der Waals surface area contributed by atoms with E-state index < -0.39 is 0 Å². The standard InChI is InChI=1S/C29H30N8OS/c1-35-11-13-36(14-12-35)24-9-10-25-27(16-24)39-29(31-25)32-28(38)23-4-2-3-21(15-23)18-37-19-26(33-34-37)22-7-5-20(17-30)6-8-22/h2-8,15,19,24H,9-14,16,18H2,1H3,(H,31,32,38). The molecule has 0 radical (unpaired) electrons. The Balaban J connectivity index is 1.09. The number of anilines is 1. The van der Waals surface area contributed by atoms with Gasteiger partial charge in [-0.3, -0.25) is 15.0 Å². The summed E-state index contributed by atoms with van der Waals surface area (Å²) >= 11 is 1.62. The maximum Gasteiger partial charge on any atom is 0.257 e. The van der Waals surface area contributed by atoms with Gasteiger partial charge in [-0.1, -0.05) is 29.5 Å². The van der Waals surface area contributed by atoms with Crippen LogP contribution in [0.4, 0.5) is 5.13 Å². The highest BCUT2D eigenvalue weighted by Gasteiger charge is 2.29. The number of likely N-dealkylation sites (N-methyl/N-ethyl adjacent to an activating group) is 1. The minimum absolute atomic E-state index is 0.157. The van der Waals surface area contributed by atoms with Gasteiger partial charge in [0.15, 0.2) is 5.13 Å². The molecule has 2 aliphatic rings. The van der Waals surface area contributed by atoms with E-state index in [1.807, 2.05) is 42.6 Å². The minimum Gasteiger partial charge on any atom is -0.304 e. The molecule has 9 nitrogen and oxygen atoms in total. The van der Waals surface area contributed by atoms with Gasteiger partial charge in [-0.15, -0.1) is 16.4 Å². The lowest BCUT2D eigenvalue weighted by Crippen LogP contribution is -2.50. The summed E-state index contributed by atoms with van der Waals surface area (Å²) in [7, 11) is 2.19. The number of piperazine rings is 1. The first-order valence-corrected chi connectivity index (χ1v) is 14.1. The second-order valence-electron chi connectivity index (χ2n) is 10.3. The van der Waals surface area contributed by atoms with Gasteiger partial charge in [0.2, 0.25) is 0 Å². The van der Waals surface area contributed by atoms with E-state index >= 15 is 0 Å². The van der Waals surface area contributed by atoms with Crippen molar-refractivity contribution in [3.8, 4) is 17.3 Å². The van der Waals surface area contributed by atoms with Crippen molar-refractivity contribution in [3.05, 3.63) is 82.0 Å². The fourth-order valence-electron chi connectivity index (χ4n) is 5.30. The zero-order chi connectivity index (χ0) is 26.8. The smallest absolute Gasteiger partial charge is 0.257 e. The van der Waals surface area contributed by atoms with E-state index in [4.69, 9.17) is 10.2 Å². The second-order valence-corrected chi connectivity index (χ2v) is 11.4. The van der Waals surface area contributed by atoms with Crippen LogP contribution >= 0.6 is 11.3 Å². The fraction of sp³-hybridized carbons (Fsp3) is 0.345. The van der Waals surface area contributed by atoms with Crippen LogP contribution < -0.4 is 5.32 Å². The number of thiazole rings is 1. The molecule has 39 heavy (non-hydrogen) atoms. The molecule has 1 fully saturated rings. The molecule has 1 saturated heterocycles. The number of carbonyl (C=O) groups is 1. The molecule has 1 aliphatic heterocycles. The highest BCUT2D eigenvalue weighted by atomic mass is 32.1. The molecule has 1 N–H and O–H groups in total. The van der Waals surface area contributed by atoms with Crippen molar-refractivity contribution in [1.29, 1.82) is 5.26 Å². The first kappa shape index (κ1) is 25.4. The van der Waals surface area contributed by atoms with Gasteiger partial charge in [0.25, 0.3) is 5.91 Å². The summed E-state index contributed by atoms with van der Waals surface area (Å²) in [6.07, 6.45) is 4.98. The first-order chi connectivity index (χ1) is 19.0. The van der Waals surface area contributed by atoms with E-state index in [1.54, 1.807) is 28.2 Å². The second kappa shape index (κ2) is 11.1. The summed E-state index contributed by atoms with van der Waals surface area (Å²) in [4.78, 5) is 24.2.